The quantitative estimate of drug-likeness (QED) is 0.330. The number of ether oxygens (including phenoxy) is 2. The number of rotatable bonds is 5. The van der Waals surface area contributed by atoms with Gasteiger partial charge >= 0.3 is 18.5 Å². The number of allylic oxidation sites excluding steroid dienone is 1. The maximum absolute atomic E-state index is 13.5. The maximum Gasteiger partial charge on any atom is 0.416 e. The Balaban J connectivity index is 1.69. The molecule has 0 radical (unpaired) electrons. The average Bonchev–Trinajstić information content (AvgIpc) is 3.21. The van der Waals surface area contributed by atoms with Gasteiger partial charge in [-0.05, 0) is 79.6 Å². The molecule has 0 saturated carbocycles. The van der Waals surface area contributed by atoms with E-state index in [2.05, 4.69) is 0 Å². The zero-order valence-corrected chi connectivity index (χ0v) is 21.9. The monoisotopic (exact) mass is 581 g/mol. The highest BCUT2D eigenvalue weighted by Crippen LogP contribution is 2.44. The van der Waals surface area contributed by atoms with Crippen molar-refractivity contribution in [3.63, 3.8) is 0 Å². The van der Waals surface area contributed by atoms with Gasteiger partial charge in [0.05, 0.1) is 29.9 Å². The highest BCUT2D eigenvalue weighted by Gasteiger charge is 2.41. The second kappa shape index (κ2) is 10.9. The lowest BCUT2D eigenvalue weighted by atomic mass is 9.81. The van der Waals surface area contributed by atoms with E-state index in [1.807, 2.05) is 6.92 Å². The summed E-state index contributed by atoms with van der Waals surface area (Å²) in [5.41, 5.74) is -2.08. The molecule has 0 N–H and O–H groups in total. The van der Waals surface area contributed by atoms with Crippen molar-refractivity contribution < 1.29 is 49.0 Å². The normalized spacial score (nSPS) is 23.1. The number of benzene rings is 2. The topological polar surface area (TPSA) is 21.7 Å². The Hall–Kier alpha value is -2.73. The van der Waals surface area contributed by atoms with Gasteiger partial charge < -0.3 is 9.47 Å². The summed E-state index contributed by atoms with van der Waals surface area (Å²) in [7, 11) is 1.36. The predicted octanol–water partition coefficient (Wildman–Crippen LogP) is 8.74. The molecular weight excluding hydrogens is 553 g/mol. The van der Waals surface area contributed by atoms with E-state index in [1.165, 1.54) is 13.2 Å². The van der Waals surface area contributed by atoms with E-state index in [0.29, 0.717) is 36.1 Å². The fourth-order valence-electron chi connectivity index (χ4n) is 5.40. The van der Waals surface area contributed by atoms with Crippen molar-refractivity contribution in [2.45, 2.75) is 63.8 Å². The Bertz CT molecular complexity index is 1230. The number of hydrogen-bond acceptors (Lipinski definition) is 3. The molecule has 40 heavy (non-hydrogen) atoms. The first kappa shape index (κ1) is 30.2. The summed E-state index contributed by atoms with van der Waals surface area (Å²) in [5.74, 6) is 0.505. The van der Waals surface area contributed by atoms with Crippen LogP contribution in [-0.2, 0) is 23.3 Å². The molecule has 1 aliphatic carbocycles. The largest absolute Gasteiger partial charge is 0.496 e. The van der Waals surface area contributed by atoms with Gasteiger partial charge in [-0.15, -0.1) is 0 Å². The minimum atomic E-state index is -4.99. The first-order valence-corrected chi connectivity index (χ1v) is 12.6. The number of nitrogens with zero attached hydrogens (tertiary/aromatic N) is 1. The molecule has 1 unspecified atom stereocenters. The number of hydrogen-bond donors (Lipinski definition) is 0. The molecule has 2 aromatic carbocycles. The molecule has 1 heterocycles. The van der Waals surface area contributed by atoms with Crippen LogP contribution in [0.4, 0.5) is 39.5 Å². The van der Waals surface area contributed by atoms with E-state index in [1.54, 1.807) is 11.8 Å². The lowest BCUT2D eigenvalue weighted by Gasteiger charge is -2.31. The minimum absolute atomic E-state index is 0.0733. The fourth-order valence-corrected chi connectivity index (χ4v) is 5.40. The molecule has 1 saturated heterocycles. The molecule has 0 spiro atoms. The van der Waals surface area contributed by atoms with E-state index in [9.17, 15) is 39.5 Å². The van der Waals surface area contributed by atoms with Crippen molar-refractivity contribution in [3.05, 3.63) is 69.8 Å². The van der Waals surface area contributed by atoms with Crippen LogP contribution in [0.1, 0.15) is 67.0 Å². The first-order chi connectivity index (χ1) is 18.5. The van der Waals surface area contributed by atoms with Gasteiger partial charge in [-0.1, -0.05) is 12.5 Å². The summed E-state index contributed by atoms with van der Waals surface area (Å²) in [6.07, 6.45) is -13.8. The second-order valence-corrected chi connectivity index (χ2v) is 10.4. The van der Waals surface area contributed by atoms with Crippen LogP contribution in [0.5, 0.6) is 5.75 Å². The molecule has 12 heteroatoms. The third kappa shape index (κ3) is 6.43. The van der Waals surface area contributed by atoms with E-state index < -0.39 is 47.4 Å². The minimum Gasteiger partial charge on any atom is -0.496 e. The van der Waals surface area contributed by atoms with Gasteiger partial charge in [0.2, 0.25) is 0 Å². The number of halogens is 9. The molecule has 3 atom stereocenters. The van der Waals surface area contributed by atoms with E-state index in [0.717, 1.165) is 24.1 Å². The number of methoxy groups -OCH3 is 1. The Morgan fingerprint density at radius 2 is 1.45 bits per heavy atom. The van der Waals surface area contributed by atoms with Crippen LogP contribution >= 0.6 is 0 Å². The Morgan fingerprint density at radius 3 is 2.00 bits per heavy atom. The standard InChI is InChI=1S/C28H28F9NO2/c1-15-4-6-22(23-12-19(26(29,30)31)5-7-24(23)39-3)18(8-15)13-38-14-40-25(16(38)2)17-9-20(27(32,33)34)11-21(10-17)28(35,36)37/h5,7,9-12,15-16,25H,4,6,8,13-14H2,1-3H3/t15?,16-,25-/m0/s1. The first-order valence-electron chi connectivity index (χ1n) is 12.6. The van der Waals surface area contributed by atoms with Gasteiger partial charge in [-0.2, -0.15) is 39.5 Å². The van der Waals surface area contributed by atoms with Crippen LogP contribution in [0.3, 0.4) is 0 Å². The molecular formula is C28H28F9NO2. The van der Waals surface area contributed by atoms with Crippen molar-refractivity contribution >= 4 is 5.57 Å². The van der Waals surface area contributed by atoms with Gasteiger partial charge in [0.15, 0.2) is 0 Å². The highest BCUT2D eigenvalue weighted by atomic mass is 19.4. The highest BCUT2D eigenvalue weighted by molar-refractivity contribution is 5.75. The van der Waals surface area contributed by atoms with Gasteiger partial charge in [-0.25, -0.2) is 0 Å². The van der Waals surface area contributed by atoms with E-state index >= 15 is 0 Å². The van der Waals surface area contributed by atoms with E-state index in [-0.39, 0.29) is 36.6 Å². The van der Waals surface area contributed by atoms with Crippen molar-refractivity contribution in [2.24, 2.45) is 5.92 Å². The second-order valence-electron chi connectivity index (χ2n) is 10.4. The van der Waals surface area contributed by atoms with Crippen molar-refractivity contribution in [1.29, 1.82) is 0 Å². The molecule has 2 aromatic rings. The number of alkyl halides is 9. The summed E-state index contributed by atoms with van der Waals surface area (Å²) in [6, 6.07) is 4.06. The third-order valence-corrected chi connectivity index (χ3v) is 7.53. The molecule has 2 aliphatic rings. The van der Waals surface area contributed by atoms with Gasteiger partial charge in [-0.3, -0.25) is 4.90 Å². The Morgan fingerprint density at radius 1 is 0.850 bits per heavy atom. The zero-order valence-electron chi connectivity index (χ0n) is 21.9. The van der Waals surface area contributed by atoms with Gasteiger partial charge in [0.25, 0.3) is 0 Å². The van der Waals surface area contributed by atoms with Crippen LogP contribution in [0.25, 0.3) is 5.57 Å². The average molecular weight is 582 g/mol. The summed E-state index contributed by atoms with van der Waals surface area (Å²) in [5, 5.41) is 0. The van der Waals surface area contributed by atoms with Gasteiger partial charge in [0.1, 0.15) is 12.5 Å². The Labute approximate surface area is 225 Å². The lowest BCUT2D eigenvalue weighted by molar-refractivity contribution is -0.143. The van der Waals surface area contributed by atoms with E-state index in [4.69, 9.17) is 9.47 Å². The smallest absolute Gasteiger partial charge is 0.416 e. The third-order valence-electron chi connectivity index (χ3n) is 7.53. The SMILES string of the molecule is COc1ccc(C(F)(F)F)cc1C1=C(CN2CO[C@H](c3cc(C(F)(F)F)cc(C(F)(F)F)c3)[C@@H]2C)CC(C)CC1. The molecule has 1 fully saturated rings. The van der Waals surface area contributed by atoms with Crippen molar-refractivity contribution in [1.82, 2.24) is 4.90 Å². The lowest BCUT2D eigenvalue weighted by Crippen LogP contribution is -2.32. The van der Waals surface area contributed by atoms with Gasteiger partial charge in [0, 0.05) is 18.2 Å². The molecule has 0 aromatic heterocycles. The Kier molecular flexibility index (Phi) is 8.26. The van der Waals surface area contributed by atoms with Crippen molar-refractivity contribution in [3.8, 4) is 5.75 Å². The summed E-state index contributed by atoms with van der Waals surface area (Å²) < 4.78 is 132. The fraction of sp³-hybridized carbons (Fsp3) is 0.500. The summed E-state index contributed by atoms with van der Waals surface area (Å²) in [6.45, 7) is 3.80. The van der Waals surface area contributed by atoms with Crippen LogP contribution in [0.2, 0.25) is 0 Å². The molecule has 4 rings (SSSR count). The molecule has 1 aliphatic heterocycles. The summed E-state index contributed by atoms with van der Waals surface area (Å²) in [4.78, 5) is 1.77. The van der Waals surface area contributed by atoms with Crippen LogP contribution in [0.15, 0.2) is 42.0 Å². The molecule has 3 nitrogen and oxygen atoms in total. The van der Waals surface area contributed by atoms with Crippen LogP contribution in [-0.4, -0.2) is 31.3 Å². The van der Waals surface area contributed by atoms with Crippen LogP contribution in [0, 0.1) is 5.92 Å². The summed E-state index contributed by atoms with van der Waals surface area (Å²) >= 11 is 0. The maximum atomic E-state index is 13.5. The van der Waals surface area contributed by atoms with Crippen molar-refractivity contribution in [2.75, 3.05) is 20.4 Å². The zero-order chi connectivity index (χ0) is 29.6. The molecule has 0 bridgehead atoms. The molecule has 0 amide bonds. The van der Waals surface area contributed by atoms with Crippen LogP contribution < -0.4 is 4.74 Å². The predicted molar refractivity (Wildman–Crippen MR) is 129 cm³/mol. The molecule has 220 valence electrons.